The van der Waals surface area contributed by atoms with Crippen molar-refractivity contribution in [2.45, 2.75) is 25.1 Å². The summed E-state index contributed by atoms with van der Waals surface area (Å²) < 4.78 is 44.6. The molecule has 7 nitrogen and oxygen atoms in total. The molecule has 0 spiro atoms. The molecule has 3 heterocycles. The third kappa shape index (κ3) is 5.69. The van der Waals surface area contributed by atoms with Crippen LogP contribution < -0.4 is 10.1 Å². The van der Waals surface area contributed by atoms with Gasteiger partial charge in [-0.1, -0.05) is 12.1 Å². The fourth-order valence-corrected chi connectivity index (χ4v) is 3.60. The van der Waals surface area contributed by atoms with Gasteiger partial charge >= 0.3 is 6.18 Å². The second kappa shape index (κ2) is 9.90. The number of rotatable bonds is 5. The summed E-state index contributed by atoms with van der Waals surface area (Å²) in [6.45, 7) is 1.08. The van der Waals surface area contributed by atoms with Crippen LogP contribution in [0.1, 0.15) is 39.4 Å². The maximum absolute atomic E-state index is 12.9. The molecule has 0 saturated carbocycles. The van der Waals surface area contributed by atoms with Gasteiger partial charge in [-0.15, -0.1) is 0 Å². The summed E-state index contributed by atoms with van der Waals surface area (Å²) in [7, 11) is 0. The van der Waals surface area contributed by atoms with Crippen LogP contribution in [0.25, 0.3) is 0 Å². The van der Waals surface area contributed by atoms with Crippen molar-refractivity contribution in [1.82, 2.24) is 14.9 Å². The van der Waals surface area contributed by atoms with Crippen molar-refractivity contribution in [3.8, 4) is 5.75 Å². The summed E-state index contributed by atoms with van der Waals surface area (Å²) in [5.41, 5.74) is -0.566. The number of piperidine rings is 1. The van der Waals surface area contributed by atoms with E-state index in [4.69, 9.17) is 4.74 Å². The number of hydrogen-bond acceptors (Lipinski definition) is 5. The first kappa shape index (κ1) is 23.2. The van der Waals surface area contributed by atoms with Crippen LogP contribution in [0.4, 0.5) is 18.9 Å². The minimum atomic E-state index is -4.64. The SMILES string of the molecule is O=C(Nc1cccc(OC2CCN(C(=O)c3cccnc3)CC2)c1)c1cccc(C(F)(F)F)n1. The summed E-state index contributed by atoms with van der Waals surface area (Å²) in [5.74, 6) is -0.322. The van der Waals surface area contributed by atoms with E-state index in [-0.39, 0.29) is 17.7 Å². The van der Waals surface area contributed by atoms with Crippen molar-refractivity contribution in [2.24, 2.45) is 0 Å². The lowest BCUT2D eigenvalue weighted by Gasteiger charge is -2.32. The molecule has 0 unspecified atom stereocenters. The summed E-state index contributed by atoms with van der Waals surface area (Å²) in [5, 5.41) is 2.55. The number of carbonyl (C=O) groups excluding carboxylic acids is 2. The molecular formula is C24H21F3N4O3. The van der Waals surface area contributed by atoms with Gasteiger partial charge in [-0.25, -0.2) is 4.98 Å². The summed E-state index contributed by atoms with van der Waals surface area (Å²) in [6.07, 6.45) is -0.326. The maximum atomic E-state index is 12.9. The lowest BCUT2D eigenvalue weighted by Crippen LogP contribution is -2.41. The monoisotopic (exact) mass is 470 g/mol. The zero-order valence-corrected chi connectivity index (χ0v) is 18.0. The average Bonchev–Trinajstić information content (AvgIpc) is 2.84. The number of hydrogen-bond donors (Lipinski definition) is 1. The number of ether oxygens (including phenoxy) is 1. The second-order valence-electron chi connectivity index (χ2n) is 7.74. The van der Waals surface area contributed by atoms with E-state index in [0.29, 0.717) is 42.9 Å². The van der Waals surface area contributed by atoms with Gasteiger partial charge in [0.2, 0.25) is 0 Å². The van der Waals surface area contributed by atoms with Gasteiger partial charge in [-0.3, -0.25) is 14.6 Å². The lowest BCUT2D eigenvalue weighted by atomic mass is 10.1. The number of likely N-dealkylation sites (tertiary alicyclic amines) is 1. The van der Waals surface area contributed by atoms with Gasteiger partial charge in [0.1, 0.15) is 23.2 Å². The number of amides is 2. The third-order valence-electron chi connectivity index (χ3n) is 5.30. The standard InChI is InChI=1S/C24H21F3N4O3/c25-24(26,27)21-8-2-7-20(30-21)22(32)29-17-5-1-6-19(14-17)34-18-9-12-31(13-10-18)23(33)16-4-3-11-28-15-16/h1-8,11,14-15,18H,9-10,12-13H2,(H,29,32). The number of nitrogens with zero attached hydrogens (tertiary/aromatic N) is 3. The molecule has 10 heteroatoms. The molecule has 34 heavy (non-hydrogen) atoms. The molecule has 1 aliphatic rings. The van der Waals surface area contributed by atoms with Crippen LogP contribution in [0.3, 0.4) is 0 Å². The zero-order valence-electron chi connectivity index (χ0n) is 18.0. The molecule has 0 aliphatic carbocycles. The van der Waals surface area contributed by atoms with Gasteiger partial charge in [0.25, 0.3) is 11.8 Å². The Morgan fingerprint density at radius 1 is 1.03 bits per heavy atom. The van der Waals surface area contributed by atoms with Gasteiger partial charge in [0, 0.05) is 50.1 Å². The second-order valence-corrected chi connectivity index (χ2v) is 7.74. The maximum Gasteiger partial charge on any atom is 0.433 e. The van der Waals surface area contributed by atoms with E-state index in [1.54, 1.807) is 53.7 Å². The first-order chi connectivity index (χ1) is 16.3. The van der Waals surface area contributed by atoms with Gasteiger partial charge < -0.3 is 15.0 Å². The number of pyridine rings is 2. The summed E-state index contributed by atoms with van der Waals surface area (Å²) in [4.78, 5) is 34.1. The zero-order chi connectivity index (χ0) is 24.1. The number of nitrogens with one attached hydrogen (secondary N) is 1. The van der Waals surface area contributed by atoms with Crippen LogP contribution in [0, 0.1) is 0 Å². The molecule has 4 rings (SSSR count). The van der Waals surface area contributed by atoms with Crippen molar-refractivity contribution in [3.63, 3.8) is 0 Å². The smallest absolute Gasteiger partial charge is 0.433 e. The van der Waals surface area contributed by atoms with E-state index < -0.39 is 17.8 Å². The van der Waals surface area contributed by atoms with E-state index in [2.05, 4.69) is 15.3 Å². The van der Waals surface area contributed by atoms with Crippen LogP contribution in [-0.4, -0.2) is 45.9 Å². The van der Waals surface area contributed by atoms with E-state index in [9.17, 15) is 22.8 Å². The Morgan fingerprint density at radius 3 is 2.50 bits per heavy atom. The lowest BCUT2D eigenvalue weighted by molar-refractivity contribution is -0.141. The normalized spacial score (nSPS) is 14.5. The number of benzene rings is 1. The van der Waals surface area contributed by atoms with Crippen LogP contribution in [0.15, 0.2) is 67.0 Å². The van der Waals surface area contributed by atoms with Crippen LogP contribution in [0.5, 0.6) is 5.75 Å². The highest BCUT2D eigenvalue weighted by Gasteiger charge is 2.33. The molecule has 1 saturated heterocycles. The molecule has 1 N–H and O–H groups in total. The number of anilines is 1. The van der Waals surface area contributed by atoms with E-state index in [0.717, 1.165) is 12.1 Å². The predicted octanol–water partition coefficient (Wildman–Crippen LogP) is 4.43. The number of alkyl halides is 3. The molecule has 1 aliphatic heterocycles. The molecule has 1 aromatic carbocycles. The topological polar surface area (TPSA) is 84.4 Å². The third-order valence-corrected chi connectivity index (χ3v) is 5.30. The molecule has 3 aromatic rings. The quantitative estimate of drug-likeness (QED) is 0.596. The van der Waals surface area contributed by atoms with Gasteiger partial charge in [0.05, 0.1) is 5.56 Å². The molecule has 176 valence electrons. The predicted molar refractivity (Wildman–Crippen MR) is 117 cm³/mol. The minimum absolute atomic E-state index is 0.0699. The van der Waals surface area contributed by atoms with Crippen molar-refractivity contribution in [1.29, 1.82) is 0 Å². The van der Waals surface area contributed by atoms with Crippen molar-refractivity contribution in [2.75, 3.05) is 18.4 Å². The number of halogens is 3. The average molecular weight is 470 g/mol. The molecule has 0 radical (unpaired) electrons. The molecule has 2 amide bonds. The van der Waals surface area contributed by atoms with Crippen LogP contribution in [0.2, 0.25) is 0 Å². The molecular weight excluding hydrogens is 449 g/mol. The number of aromatic nitrogens is 2. The summed E-state index contributed by atoms with van der Waals surface area (Å²) >= 11 is 0. The highest BCUT2D eigenvalue weighted by molar-refractivity contribution is 6.03. The fourth-order valence-electron chi connectivity index (χ4n) is 3.60. The molecule has 0 bridgehead atoms. The van der Waals surface area contributed by atoms with E-state index in [1.807, 2.05) is 0 Å². The molecule has 1 fully saturated rings. The Hall–Kier alpha value is -3.95. The Labute approximate surface area is 193 Å². The molecule has 2 aromatic heterocycles. The molecule has 0 atom stereocenters. The fraction of sp³-hybridized carbons (Fsp3) is 0.250. The first-order valence-corrected chi connectivity index (χ1v) is 10.6. The van der Waals surface area contributed by atoms with Crippen LogP contribution >= 0.6 is 0 Å². The van der Waals surface area contributed by atoms with Crippen molar-refractivity contribution in [3.05, 3.63) is 83.9 Å². The Morgan fingerprint density at radius 2 is 1.79 bits per heavy atom. The van der Waals surface area contributed by atoms with Crippen LogP contribution in [-0.2, 0) is 6.18 Å². The van der Waals surface area contributed by atoms with Crippen molar-refractivity contribution >= 4 is 17.5 Å². The minimum Gasteiger partial charge on any atom is -0.490 e. The van der Waals surface area contributed by atoms with Gasteiger partial charge in [-0.05, 0) is 36.4 Å². The number of carbonyl (C=O) groups is 2. The first-order valence-electron chi connectivity index (χ1n) is 10.6. The van der Waals surface area contributed by atoms with Crippen molar-refractivity contribution < 1.29 is 27.5 Å². The highest BCUT2D eigenvalue weighted by Crippen LogP contribution is 2.28. The highest BCUT2D eigenvalue weighted by atomic mass is 19.4. The largest absolute Gasteiger partial charge is 0.490 e. The van der Waals surface area contributed by atoms with E-state index >= 15 is 0 Å². The Bertz CT molecular complexity index is 1160. The Kier molecular flexibility index (Phi) is 6.76. The van der Waals surface area contributed by atoms with Gasteiger partial charge in [-0.2, -0.15) is 13.2 Å². The van der Waals surface area contributed by atoms with Gasteiger partial charge in [0.15, 0.2) is 0 Å². The van der Waals surface area contributed by atoms with E-state index in [1.165, 1.54) is 6.07 Å². The summed E-state index contributed by atoms with van der Waals surface area (Å²) in [6, 6.07) is 13.2. The Balaban J connectivity index is 1.34.